The minimum Gasteiger partial charge on any atom is -0.508 e. The van der Waals surface area contributed by atoms with Crippen LogP contribution in [0, 0.1) is 0 Å². The predicted octanol–water partition coefficient (Wildman–Crippen LogP) is 2.61. The fourth-order valence-corrected chi connectivity index (χ4v) is 2.51. The van der Waals surface area contributed by atoms with Crippen LogP contribution in [-0.2, 0) is 0 Å². The quantitative estimate of drug-likeness (QED) is 0.882. The van der Waals surface area contributed by atoms with Crippen molar-refractivity contribution >= 4 is 0 Å². The Balaban J connectivity index is 1.90. The first-order valence-corrected chi connectivity index (χ1v) is 6.47. The van der Waals surface area contributed by atoms with E-state index in [1.54, 1.807) is 19.2 Å². The number of rotatable bonds is 2. The van der Waals surface area contributed by atoms with Gasteiger partial charge in [0.05, 0.1) is 19.8 Å². The number of fused-ring (bicyclic) bond motifs is 1. The Morgan fingerprint density at radius 3 is 2.60 bits per heavy atom. The Hall–Kier alpha value is -2.20. The molecule has 2 atom stereocenters. The summed E-state index contributed by atoms with van der Waals surface area (Å²) in [7, 11) is 1.62. The van der Waals surface area contributed by atoms with Gasteiger partial charge in [0.2, 0.25) is 0 Å². The highest BCUT2D eigenvalue weighted by Gasteiger charge is 2.30. The van der Waals surface area contributed by atoms with Gasteiger partial charge >= 0.3 is 0 Å². The van der Waals surface area contributed by atoms with Crippen molar-refractivity contribution in [2.45, 2.75) is 12.0 Å². The highest BCUT2D eigenvalue weighted by atomic mass is 16.5. The van der Waals surface area contributed by atoms with Crippen molar-refractivity contribution in [3.8, 4) is 17.2 Å². The lowest BCUT2D eigenvalue weighted by Gasteiger charge is -2.30. The maximum Gasteiger partial charge on any atom is 0.128 e. The molecule has 0 saturated heterocycles. The maximum atomic E-state index is 10.5. The summed E-state index contributed by atoms with van der Waals surface area (Å²) in [4.78, 5) is 0. The minimum atomic E-state index is -0.646. The van der Waals surface area contributed by atoms with Crippen molar-refractivity contribution < 1.29 is 19.7 Å². The van der Waals surface area contributed by atoms with Gasteiger partial charge in [0.1, 0.15) is 17.2 Å². The first-order chi connectivity index (χ1) is 9.69. The Bertz CT molecular complexity index is 606. The third-order valence-electron chi connectivity index (χ3n) is 3.66. The standard InChI is InChI=1S/C16H16O4/c1-19-12-5-2-10(3-6-12)14-9-20-15-8-11(17)4-7-13(15)16(14)18/h2-8,14,16-18H,9H2,1H3. The first-order valence-electron chi connectivity index (χ1n) is 6.47. The second-order valence-corrected chi connectivity index (χ2v) is 4.86. The number of benzene rings is 2. The van der Waals surface area contributed by atoms with E-state index >= 15 is 0 Å². The van der Waals surface area contributed by atoms with E-state index < -0.39 is 6.10 Å². The van der Waals surface area contributed by atoms with E-state index in [0.29, 0.717) is 17.9 Å². The van der Waals surface area contributed by atoms with E-state index in [1.165, 1.54) is 6.07 Å². The van der Waals surface area contributed by atoms with Crippen LogP contribution in [0.1, 0.15) is 23.1 Å². The van der Waals surface area contributed by atoms with Gasteiger partial charge in [-0.3, -0.25) is 0 Å². The van der Waals surface area contributed by atoms with Gasteiger partial charge in [0.15, 0.2) is 0 Å². The molecule has 2 aromatic carbocycles. The Labute approximate surface area is 117 Å². The molecular formula is C16H16O4. The lowest BCUT2D eigenvalue weighted by molar-refractivity contribution is 0.0887. The number of aliphatic hydroxyl groups is 1. The summed E-state index contributed by atoms with van der Waals surface area (Å²) in [6, 6.07) is 12.4. The van der Waals surface area contributed by atoms with E-state index in [9.17, 15) is 10.2 Å². The first kappa shape index (κ1) is 12.8. The molecule has 20 heavy (non-hydrogen) atoms. The molecule has 4 nitrogen and oxygen atoms in total. The third-order valence-corrected chi connectivity index (χ3v) is 3.66. The molecule has 0 radical (unpaired) electrons. The van der Waals surface area contributed by atoms with E-state index in [1.807, 2.05) is 24.3 Å². The van der Waals surface area contributed by atoms with Crippen molar-refractivity contribution in [3.63, 3.8) is 0 Å². The molecule has 104 valence electrons. The van der Waals surface area contributed by atoms with Crippen LogP contribution in [0.2, 0.25) is 0 Å². The molecular weight excluding hydrogens is 256 g/mol. The average Bonchev–Trinajstić information content (AvgIpc) is 2.48. The maximum absolute atomic E-state index is 10.5. The van der Waals surface area contributed by atoms with Crippen LogP contribution in [0.4, 0.5) is 0 Å². The molecule has 1 heterocycles. The Kier molecular flexibility index (Phi) is 3.24. The predicted molar refractivity (Wildman–Crippen MR) is 74.3 cm³/mol. The van der Waals surface area contributed by atoms with Crippen molar-refractivity contribution in [1.82, 2.24) is 0 Å². The summed E-state index contributed by atoms with van der Waals surface area (Å²) in [5.74, 6) is 1.34. The van der Waals surface area contributed by atoms with Crippen LogP contribution < -0.4 is 9.47 Å². The zero-order valence-electron chi connectivity index (χ0n) is 11.1. The molecule has 2 N–H and O–H groups in total. The Morgan fingerprint density at radius 2 is 1.90 bits per heavy atom. The molecule has 2 aromatic rings. The van der Waals surface area contributed by atoms with E-state index in [4.69, 9.17) is 9.47 Å². The topological polar surface area (TPSA) is 58.9 Å². The van der Waals surface area contributed by atoms with Gasteiger partial charge in [-0.2, -0.15) is 0 Å². The second-order valence-electron chi connectivity index (χ2n) is 4.86. The van der Waals surface area contributed by atoms with Crippen LogP contribution in [0.15, 0.2) is 42.5 Å². The van der Waals surface area contributed by atoms with Crippen LogP contribution >= 0.6 is 0 Å². The number of hydrogen-bond donors (Lipinski definition) is 2. The molecule has 0 aromatic heterocycles. The molecule has 0 amide bonds. The molecule has 0 bridgehead atoms. The number of methoxy groups -OCH3 is 1. The summed E-state index contributed by atoms with van der Waals surface area (Å²) < 4.78 is 10.8. The molecule has 3 rings (SSSR count). The lowest BCUT2D eigenvalue weighted by Crippen LogP contribution is -2.24. The van der Waals surface area contributed by atoms with E-state index in [2.05, 4.69) is 0 Å². The smallest absolute Gasteiger partial charge is 0.128 e. The number of hydrogen-bond acceptors (Lipinski definition) is 4. The Morgan fingerprint density at radius 1 is 1.15 bits per heavy atom. The van der Waals surface area contributed by atoms with Crippen molar-refractivity contribution in [2.24, 2.45) is 0 Å². The number of aromatic hydroxyl groups is 1. The summed E-state index contributed by atoms with van der Waals surface area (Å²) in [5.41, 5.74) is 1.70. The van der Waals surface area contributed by atoms with Crippen molar-refractivity contribution in [1.29, 1.82) is 0 Å². The van der Waals surface area contributed by atoms with Gasteiger partial charge in [-0.05, 0) is 29.8 Å². The normalized spacial score (nSPS) is 20.9. The molecule has 1 aliphatic heterocycles. The van der Waals surface area contributed by atoms with Crippen molar-refractivity contribution in [3.05, 3.63) is 53.6 Å². The molecule has 0 aliphatic carbocycles. The average molecular weight is 272 g/mol. The van der Waals surface area contributed by atoms with Gasteiger partial charge in [-0.25, -0.2) is 0 Å². The SMILES string of the molecule is COc1ccc(C2COc3cc(O)ccc3C2O)cc1. The fraction of sp³-hybridized carbons (Fsp3) is 0.250. The summed E-state index contributed by atoms with van der Waals surface area (Å²) in [6.45, 7) is 0.379. The second kappa shape index (κ2) is 5.06. The van der Waals surface area contributed by atoms with Crippen LogP contribution in [-0.4, -0.2) is 23.9 Å². The largest absolute Gasteiger partial charge is 0.508 e. The summed E-state index contributed by atoms with van der Waals surface area (Å²) >= 11 is 0. The monoisotopic (exact) mass is 272 g/mol. The molecule has 1 aliphatic rings. The number of aliphatic hydroxyl groups excluding tert-OH is 1. The highest BCUT2D eigenvalue weighted by Crippen LogP contribution is 2.41. The van der Waals surface area contributed by atoms with Crippen LogP contribution in [0.3, 0.4) is 0 Å². The van der Waals surface area contributed by atoms with Crippen molar-refractivity contribution in [2.75, 3.05) is 13.7 Å². The van der Waals surface area contributed by atoms with Crippen LogP contribution in [0.25, 0.3) is 0 Å². The minimum absolute atomic E-state index is 0.127. The summed E-state index contributed by atoms with van der Waals surface area (Å²) in [5, 5.41) is 19.9. The van der Waals surface area contributed by atoms with Crippen LogP contribution in [0.5, 0.6) is 17.2 Å². The highest BCUT2D eigenvalue weighted by molar-refractivity contribution is 5.45. The molecule has 0 saturated carbocycles. The zero-order chi connectivity index (χ0) is 14.1. The number of phenols is 1. The summed E-state index contributed by atoms with van der Waals surface area (Å²) in [6.07, 6.45) is -0.646. The number of phenolic OH excluding ortho intramolecular Hbond substituents is 1. The third kappa shape index (κ3) is 2.18. The van der Waals surface area contributed by atoms with Gasteiger partial charge in [0.25, 0.3) is 0 Å². The molecule has 4 heteroatoms. The lowest BCUT2D eigenvalue weighted by atomic mass is 9.87. The van der Waals surface area contributed by atoms with Gasteiger partial charge in [-0.15, -0.1) is 0 Å². The molecule has 2 unspecified atom stereocenters. The number of ether oxygens (including phenoxy) is 2. The fourth-order valence-electron chi connectivity index (χ4n) is 2.51. The van der Waals surface area contributed by atoms with Gasteiger partial charge in [0, 0.05) is 17.5 Å². The van der Waals surface area contributed by atoms with E-state index in [-0.39, 0.29) is 11.7 Å². The molecule has 0 spiro atoms. The molecule has 0 fully saturated rings. The van der Waals surface area contributed by atoms with Gasteiger partial charge in [-0.1, -0.05) is 12.1 Å². The van der Waals surface area contributed by atoms with E-state index in [0.717, 1.165) is 11.3 Å². The van der Waals surface area contributed by atoms with Gasteiger partial charge < -0.3 is 19.7 Å². The zero-order valence-corrected chi connectivity index (χ0v) is 11.1.